The molecular formula is C22H20F3N5O2. The molecule has 0 spiro atoms. The molecule has 4 aromatic rings. The van der Waals surface area contributed by atoms with Gasteiger partial charge in [-0.15, -0.1) is 0 Å². The lowest BCUT2D eigenvalue weighted by Gasteiger charge is -2.15. The molecule has 1 N–H and O–H groups in total. The fourth-order valence-corrected chi connectivity index (χ4v) is 3.53. The number of nitrogens with one attached hydrogen (secondary N) is 1. The Kier molecular flexibility index (Phi) is 5.23. The van der Waals surface area contributed by atoms with Crippen molar-refractivity contribution in [1.82, 2.24) is 19.2 Å². The van der Waals surface area contributed by atoms with Gasteiger partial charge in [0.1, 0.15) is 12.2 Å². The number of carbonyl (C=O) groups excluding carboxylic acids is 1. The highest BCUT2D eigenvalue weighted by atomic mass is 19.4. The first-order chi connectivity index (χ1) is 15.0. The molecule has 1 amide bonds. The summed E-state index contributed by atoms with van der Waals surface area (Å²) in [5.74, 6) is -0.750. The Labute approximate surface area is 180 Å². The van der Waals surface area contributed by atoms with Gasteiger partial charge in [-0.25, -0.2) is 9.67 Å². The fourth-order valence-electron chi connectivity index (χ4n) is 3.53. The number of pyridine rings is 1. The van der Waals surface area contributed by atoms with Gasteiger partial charge in [-0.05, 0) is 43.2 Å². The highest BCUT2D eigenvalue weighted by Crippen LogP contribution is 2.32. The maximum atomic E-state index is 13.1. The third-order valence-corrected chi connectivity index (χ3v) is 5.13. The number of rotatable bonds is 4. The monoisotopic (exact) mass is 443 g/mol. The molecule has 10 heteroatoms. The minimum atomic E-state index is -4.54. The first kappa shape index (κ1) is 21.5. The SMILES string of the molecule is Cc1cnc2ccc(NC(=O)Cn3nc(C(C)C)c4cc(C(F)(F)F)ccc4c3=O)cn12. The highest BCUT2D eigenvalue weighted by molar-refractivity contribution is 5.91. The lowest BCUT2D eigenvalue weighted by molar-refractivity contribution is -0.137. The third-order valence-electron chi connectivity index (χ3n) is 5.13. The number of aryl methyl sites for hydroxylation is 1. The number of amides is 1. The molecule has 0 atom stereocenters. The zero-order chi connectivity index (χ0) is 23.2. The lowest BCUT2D eigenvalue weighted by atomic mass is 10.0. The van der Waals surface area contributed by atoms with Gasteiger partial charge in [0, 0.05) is 23.5 Å². The van der Waals surface area contributed by atoms with Crippen molar-refractivity contribution in [2.45, 2.75) is 39.4 Å². The number of hydrogen-bond donors (Lipinski definition) is 1. The van der Waals surface area contributed by atoms with Crippen molar-refractivity contribution >= 4 is 28.0 Å². The predicted molar refractivity (Wildman–Crippen MR) is 114 cm³/mol. The number of fused-ring (bicyclic) bond motifs is 2. The number of benzene rings is 1. The molecule has 0 fully saturated rings. The second-order valence-electron chi connectivity index (χ2n) is 7.85. The Morgan fingerprint density at radius 3 is 2.59 bits per heavy atom. The topological polar surface area (TPSA) is 81.3 Å². The van der Waals surface area contributed by atoms with Crippen molar-refractivity contribution in [2.24, 2.45) is 0 Å². The standard InChI is InChI=1S/C22H20F3N5O2/c1-12(2)20-17-8-14(22(23,24)25)4-6-16(17)21(32)30(28-20)11-19(31)27-15-5-7-18-26-9-13(3)29(18)10-15/h4-10,12H,11H2,1-3H3,(H,27,31). The Morgan fingerprint density at radius 1 is 1.16 bits per heavy atom. The third kappa shape index (κ3) is 3.95. The van der Waals surface area contributed by atoms with Crippen LogP contribution in [-0.2, 0) is 17.5 Å². The molecule has 4 rings (SSSR count). The maximum Gasteiger partial charge on any atom is 0.416 e. The van der Waals surface area contributed by atoms with Crippen LogP contribution in [0, 0.1) is 6.92 Å². The molecule has 0 radical (unpaired) electrons. The molecule has 0 aliphatic heterocycles. The van der Waals surface area contributed by atoms with E-state index in [9.17, 15) is 22.8 Å². The summed E-state index contributed by atoms with van der Waals surface area (Å²) in [5, 5.41) is 7.16. The van der Waals surface area contributed by atoms with E-state index in [-0.39, 0.29) is 23.2 Å². The molecule has 0 bridgehead atoms. The number of hydrogen-bond acceptors (Lipinski definition) is 4. The number of nitrogens with zero attached hydrogens (tertiary/aromatic N) is 4. The lowest BCUT2D eigenvalue weighted by Crippen LogP contribution is -2.31. The van der Waals surface area contributed by atoms with E-state index in [1.54, 1.807) is 38.4 Å². The Morgan fingerprint density at radius 2 is 1.91 bits per heavy atom. The second kappa shape index (κ2) is 7.77. The van der Waals surface area contributed by atoms with Crippen LogP contribution >= 0.6 is 0 Å². The van der Waals surface area contributed by atoms with Crippen molar-refractivity contribution in [3.63, 3.8) is 0 Å². The van der Waals surface area contributed by atoms with Crippen molar-refractivity contribution in [2.75, 3.05) is 5.32 Å². The van der Waals surface area contributed by atoms with Crippen molar-refractivity contribution < 1.29 is 18.0 Å². The summed E-state index contributed by atoms with van der Waals surface area (Å²) in [6.07, 6.45) is -1.12. The van der Waals surface area contributed by atoms with E-state index >= 15 is 0 Å². The molecule has 3 aromatic heterocycles. The van der Waals surface area contributed by atoms with Crippen molar-refractivity contribution in [3.05, 3.63) is 70.0 Å². The first-order valence-corrected chi connectivity index (χ1v) is 9.90. The average Bonchev–Trinajstić information content (AvgIpc) is 3.09. The van der Waals surface area contributed by atoms with Gasteiger partial charge in [0.15, 0.2) is 0 Å². The number of imidazole rings is 1. The van der Waals surface area contributed by atoms with Gasteiger partial charge in [0.05, 0.1) is 22.3 Å². The van der Waals surface area contributed by atoms with Gasteiger partial charge >= 0.3 is 6.18 Å². The van der Waals surface area contributed by atoms with E-state index in [0.29, 0.717) is 11.4 Å². The number of carbonyl (C=O) groups is 1. The predicted octanol–water partition coefficient (Wildman–Crippen LogP) is 4.13. The van der Waals surface area contributed by atoms with E-state index in [1.807, 2.05) is 11.3 Å². The Bertz CT molecular complexity index is 1400. The number of aromatic nitrogens is 4. The molecule has 166 valence electrons. The van der Waals surface area contributed by atoms with Crippen LogP contribution in [0.5, 0.6) is 0 Å². The zero-order valence-electron chi connectivity index (χ0n) is 17.6. The molecular weight excluding hydrogens is 423 g/mol. The molecule has 1 aromatic carbocycles. The van der Waals surface area contributed by atoms with Gasteiger partial charge in [-0.3, -0.25) is 9.59 Å². The van der Waals surface area contributed by atoms with Crippen LogP contribution in [0.2, 0.25) is 0 Å². The molecule has 3 heterocycles. The second-order valence-corrected chi connectivity index (χ2v) is 7.85. The quantitative estimate of drug-likeness (QED) is 0.514. The first-order valence-electron chi connectivity index (χ1n) is 9.90. The Hall–Kier alpha value is -3.69. The van der Waals surface area contributed by atoms with Gasteiger partial charge in [0.2, 0.25) is 5.91 Å². The van der Waals surface area contributed by atoms with Crippen LogP contribution in [0.3, 0.4) is 0 Å². The molecule has 0 saturated heterocycles. The summed E-state index contributed by atoms with van der Waals surface area (Å²) in [6.45, 7) is 5.03. The number of halogens is 3. The van der Waals surface area contributed by atoms with E-state index in [1.165, 1.54) is 0 Å². The van der Waals surface area contributed by atoms with Crippen LogP contribution in [0.15, 0.2) is 47.5 Å². The number of anilines is 1. The van der Waals surface area contributed by atoms with E-state index in [2.05, 4.69) is 15.4 Å². The van der Waals surface area contributed by atoms with Crippen LogP contribution in [0.25, 0.3) is 16.4 Å². The van der Waals surface area contributed by atoms with Crippen LogP contribution in [0.1, 0.15) is 36.7 Å². The van der Waals surface area contributed by atoms with Crippen LogP contribution < -0.4 is 10.9 Å². The molecule has 0 unspecified atom stereocenters. The zero-order valence-corrected chi connectivity index (χ0v) is 17.6. The summed E-state index contributed by atoms with van der Waals surface area (Å²) in [4.78, 5) is 29.7. The minimum absolute atomic E-state index is 0.0833. The summed E-state index contributed by atoms with van der Waals surface area (Å²) < 4.78 is 42.2. The van der Waals surface area contributed by atoms with E-state index in [4.69, 9.17) is 0 Å². The van der Waals surface area contributed by atoms with E-state index in [0.717, 1.165) is 34.2 Å². The highest BCUT2D eigenvalue weighted by Gasteiger charge is 2.31. The fraction of sp³-hybridized carbons (Fsp3) is 0.273. The van der Waals surface area contributed by atoms with Gasteiger partial charge < -0.3 is 9.72 Å². The number of alkyl halides is 3. The molecule has 7 nitrogen and oxygen atoms in total. The summed E-state index contributed by atoms with van der Waals surface area (Å²) in [5.41, 5.74) is 0.962. The van der Waals surface area contributed by atoms with Gasteiger partial charge in [-0.1, -0.05) is 13.8 Å². The maximum absolute atomic E-state index is 13.1. The van der Waals surface area contributed by atoms with Crippen molar-refractivity contribution in [1.29, 1.82) is 0 Å². The summed E-state index contributed by atoms with van der Waals surface area (Å²) in [6, 6.07) is 6.37. The van der Waals surface area contributed by atoms with Gasteiger partial charge in [-0.2, -0.15) is 18.3 Å². The largest absolute Gasteiger partial charge is 0.416 e. The molecule has 0 aliphatic carbocycles. The van der Waals surface area contributed by atoms with Gasteiger partial charge in [0.25, 0.3) is 5.56 Å². The van der Waals surface area contributed by atoms with E-state index < -0.39 is 23.2 Å². The summed E-state index contributed by atoms with van der Waals surface area (Å²) in [7, 11) is 0. The molecule has 0 aliphatic rings. The average molecular weight is 443 g/mol. The van der Waals surface area contributed by atoms with Crippen molar-refractivity contribution in [3.8, 4) is 0 Å². The normalized spacial score (nSPS) is 12.1. The molecule has 0 saturated carbocycles. The molecule has 32 heavy (non-hydrogen) atoms. The Balaban J connectivity index is 1.68. The smallest absolute Gasteiger partial charge is 0.323 e. The van der Waals surface area contributed by atoms with Crippen LogP contribution in [0.4, 0.5) is 18.9 Å². The van der Waals surface area contributed by atoms with Crippen LogP contribution in [-0.4, -0.2) is 25.1 Å². The minimum Gasteiger partial charge on any atom is -0.323 e. The summed E-state index contributed by atoms with van der Waals surface area (Å²) >= 11 is 0.